The highest BCUT2D eigenvalue weighted by Gasteiger charge is 2.20. The molecule has 96 valence electrons. The number of hydrogen-bond donors (Lipinski definition) is 1. The summed E-state index contributed by atoms with van der Waals surface area (Å²) in [5.41, 5.74) is 7.03. The minimum Gasteiger partial charge on any atom is -0.365 e. The Morgan fingerprint density at radius 1 is 1.33 bits per heavy atom. The maximum Gasteiger partial charge on any atom is 0.115 e. The van der Waals surface area contributed by atoms with Gasteiger partial charge in [-0.05, 0) is 30.0 Å². The van der Waals surface area contributed by atoms with Crippen LogP contribution in [0.25, 0.3) is 0 Å². The van der Waals surface area contributed by atoms with Crippen molar-refractivity contribution in [1.29, 1.82) is 0 Å². The second-order valence-electron chi connectivity index (χ2n) is 4.14. The van der Waals surface area contributed by atoms with Gasteiger partial charge in [0.1, 0.15) is 6.10 Å². The van der Waals surface area contributed by atoms with Crippen LogP contribution in [0.3, 0.4) is 0 Å². The molecule has 0 aliphatic carbocycles. The van der Waals surface area contributed by atoms with Crippen molar-refractivity contribution in [3.8, 4) is 0 Å². The molecule has 2 N–H and O–H groups in total. The Labute approximate surface area is 112 Å². The Morgan fingerprint density at radius 2 is 2.22 bits per heavy atom. The minimum atomic E-state index is -0.140. The van der Waals surface area contributed by atoms with E-state index < -0.39 is 0 Å². The standard InChI is InChI=1S/C14H18N2OS/c1-2-12(15)14(13-7-3-4-8-16-13)17-10-11-6-5-9-18-11/h3-9,12,14H,2,10,15H2,1H3. The summed E-state index contributed by atoms with van der Waals surface area (Å²) >= 11 is 1.69. The molecule has 0 spiro atoms. The largest absolute Gasteiger partial charge is 0.365 e. The zero-order chi connectivity index (χ0) is 12.8. The second-order valence-corrected chi connectivity index (χ2v) is 5.17. The molecule has 0 aromatic carbocycles. The van der Waals surface area contributed by atoms with E-state index >= 15 is 0 Å². The number of hydrogen-bond acceptors (Lipinski definition) is 4. The van der Waals surface area contributed by atoms with Gasteiger partial charge in [-0.2, -0.15) is 0 Å². The van der Waals surface area contributed by atoms with Crippen LogP contribution in [0.4, 0.5) is 0 Å². The van der Waals surface area contributed by atoms with Crippen LogP contribution in [-0.4, -0.2) is 11.0 Å². The predicted octanol–water partition coefficient (Wildman–Crippen LogP) is 3.14. The molecule has 0 aliphatic heterocycles. The summed E-state index contributed by atoms with van der Waals surface area (Å²) < 4.78 is 5.95. The van der Waals surface area contributed by atoms with Gasteiger partial charge in [0.2, 0.25) is 0 Å². The quantitative estimate of drug-likeness (QED) is 0.870. The van der Waals surface area contributed by atoms with E-state index in [0.717, 1.165) is 12.1 Å². The van der Waals surface area contributed by atoms with Crippen LogP contribution in [0.5, 0.6) is 0 Å². The fourth-order valence-corrected chi connectivity index (χ4v) is 2.38. The summed E-state index contributed by atoms with van der Waals surface area (Å²) in [5.74, 6) is 0. The number of pyridine rings is 1. The van der Waals surface area contributed by atoms with Gasteiger partial charge in [0, 0.05) is 17.1 Å². The molecule has 4 heteroatoms. The number of nitrogens with two attached hydrogens (primary N) is 1. The number of aromatic nitrogens is 1. The normalized spacial score (nSPS) is 14.3. The van der Waals surface area contributed by atoms with Crippen LogP contribution >= 0.6 is 11.3 Å². The molecule has 0 radical (unpaired) electrons. The number of thiophene rings is 1. The maximum atomic E-state index is 6.13. The van der Waals surface area contributed by atoms with Crippen molar-refractivity contribution < 1.29 is 4.74 Å². The van der Waals surface area contributed by atoms with Gasteiger partial charge in [-0.1, -0.05) is 19.1 Å². The zero-order valence-corrected chi connectivity index (χ0v) is 11.3. The first-order valence-electron chi connectivity index (χ1n) is 6.11. The lowest BCUT2D eigenvalue weighted by Gasteiger charge is -2.22. The SMILES string of the molecule is CCC(N)C(OCc1cccs1)c1ccccn1. The molecular formula is C14H18N2OS. The smallest absolute Gasteiger partial charge is 0.115 e. The third kappa shape index (κ3) is 3.38. The molecule has 2 unspecified atom stereocenters. The van der Waals surface area contributed by atoms with Gasteiger partial charge in [-0.3, -0.25) is 4.98 Å². The average molecular weight is 262 g/mol. The van der Waals surface area contributed by atoms with Crippen LogP contribution < -0.4 is 5.73 Å². The van der Waals surface area contributed by atoms with Crippen molar-refractivity contribution in [2.24, 2.45) is 5.73 Å². The molecule has 3 nitrogen and oxygen atoms in total. The molecule has 0 amide bonds. The first kappa shape index (κ1) is 13.2. The van der Waals surface area contributed by atoms with Crippen molar-refractivity contribution in [2.45, 2.75) is 32.1 Å². The predicted molar refractivity (Wildman–Crippen MR) is 74.4 cm³/mol. The Bertz CT molecular complexity index is 444. The lowest BCUT2D eigenvalue weighted by atomic mass is 10.1. The van der Waals surface area contributed by atoms with Gasteiger partial charge in [0.25, 0.3) is 0 Å². The van der Waals surface area contributed by atoms with E-state index in [1.165, 1.54) is 4.88 Å². The van der Waals surface area contributed by atoms with Crippen molar-refractivity contribution >= 4 is 11.3 Å². The Morgan fingerprint density at radius 3 is 2.83 bits per heavy atom. The summed E-state index contributed by atoms with van der Waals surface area (Å²) in [4.78, 5) is 5.55. The number of ether oxygens (including phenoxy) is 1. The summed E-state index contributed by atoms with van der Waals surface area (Å²) in [5, 5.41) is 2.05. The van der Waals surface area contributed by atoms with Crippen molar-refractivity contribution in [1.82, 2.24) is 4.98 Å². The molecule has 2 aromatic rings. The molecule has 2 heterocycles. The molecule has 2 rings (SSSR count). The monoisotopic (exact) mass is 262 g/mol. The fourth-order valence-electron chi connectivity index (χ4n) is 1.75. The maximum absolute atomic E-state index is 6.13. The number of rotatable bonds is 6. The van der Waals surface area contributed by atoms with Gasteiger partial charge in [-0.25, -0.2) is 0 Å². The molecule has 0 bridgehead atoms. The van der Waals surface area contributed by atoms with E-state index in [9.17, 15) is 0 Å². The van der Waals surface area contributed by atoms with E-state index in [-0.39, 0.29) is 12.1 Å². The molecule has 0 saturated heterocycles. The fraction of sp³-hybridized carbons (Fsp3) is 0.357. The lowest BCUT2D eigenvalue weighted by Crippen LogP contribution is -2.30. The summed E-state index contributed by atoms with van der Waals surface area (Å²) in [6.07, 6.45) is 2.50. The van der Waals surface area contributed by atoms with E-state index in [1.54, 1.807) is 17.5 Å². The highest BCUT2D eigenvalue weighted by Crippen LogP contribution is 2.22. The van der Waals surface area contributed by atoms with Gasteiger partial charge in [0.05, 0.1) is 12.3 Å². The molecule has 18 heavy (non-hydrogen) atoms. The average Bonchev–Trinajstić information content (AvgIpc) is 2.93. The topological polar surface area (TPSA) is 48.1 Å². The molecule has 2 aromatic heterocycles. The minimum absolute atomic E-state index is 0.0279. The Kier molecular flexibility index (Phi) is 4.87. The van der Waals surface area contributed by atoms with E-state index in [2.05, 4.69) is 18.0 Å². The van der Waals surface area contributed by atoms with Crippen LogP contribution in [0.1, 0.15) is 30.0 Å². The molecular weight excluding hydrogens is 244 g/mol. The summed E-state index contributed by atoms with van der Waals surface area (Å²) in [7, 11) is 0. The third-order valence-electron chi connectivity index (χ3n) is 2.82. The number of nitrogens with zero attached hydrogens (tertiary/aromatic N) is 1. The van der Waals surface area contributed by atoms with Gasteiger partial charge in [-0.15, -0.1) is 11.3 Å². The molecule has 0 fully saturated rings. The Hall–Kier alpha value is -1.23. The first-order chi connectivity index (χ1) is 8.81. The summed E-state index contributed by atoms with van der Waals surface area (Å²) in [6, 6.07) is 9.90. The van der Waals surface area contributed by atoms with Gasteiger partial charge >= 0.3 is 0 Å². The van der Waals surface area contributed by atoms with Crippen LogP contribution in [0, 0.1) is 0 Å². The second kappa shape index (κ2) is 6.64. The molecule has 0 saturated carbocycles. The van der Waals surface area contributed by atoms with Crippen LogP contribution in [-0.2, 0) is 11.3 Å². The lowest BCUT2D eigenvalue weighted by molar-refractivity contribution is 0.0199. The first-order valence-corrected chi connectivity index (χ1v) is 6.99. The van der Waals surface area contributed by atoms with Crippen LogP contribution in [0.15, 0.2) is 41.9 Å². The highest BCUT2D eigenvalue weighted by atomic mass is 32.1. The molecule has 0 aliphatic rings. The van der Waals surface area contributed by atoms with Gasteiger partial charge < -0.3 is 10.5 Å². The van der Waals surface area contributed by atoms with Crippen LogP contribution in [0.2, 0.25) is 0 Å². The highest BCUT2D eigenvalue weighted by molar-refractivity contribution is 7.09. The van der Waals surface area contributed by atoms with Crippen molar-refractivity contribution in [3.05, 3.63) is 52.5 Å². The zero-order valence-electron chi connectivity index (χ0n) is 10.5. The Balaban J connectivity index is 2.06. The summed E-state index contributed by atoms with van der Waals surface area (Å²) in [6.45, 7) is 2.65. The van der Waals surface area contributed by atoms with Crippen molar-refractivity contribution in [3.63, 3.8) is 0 Å². The molecule has 2 atom stereocenters. The van der Waals surface area contributed by atoms with E-state index in [4.69, 9.17) is 10.5 Å². The third-order valence-corrected chi connectivity index (χ3v) is 3.67. The van der Waals surface area contributed by atoms with Gasteiger partial charge in [0.15, 0.2) is 0 Å². The van der Waals surface area contributed by atoms with Crippen molar-refractivity contribution in [2.75, 3.05) is 0 Å². The van der Waals surface area contributed by atoms with E-state index in [0.29, 0.717) is 6.61 Å². The van der Waals surface area contributed by atoms with E-state index in [1.807, 2.05) is 29.6 Å².